The Bertz CT molecular complexity index is 530. The fourth-order valence-corrected chi connectivity index (χ4v) is 2.59. The molecule has 84 valence electrons. The minimum atomic E-state index is 0.0662. The van der Waals surface area contributed by atoms with Crippen molar-refractivity contribution < 1.29 is 5.11 Å². The van der Waals surface area contributed by atoms with Crippen LogP contribution in [0.5, 0.6) is 0 Å². The maximum atomic E-state index is 9.34. The highest BCUT2D eigenvalue weighted by Gasteiger charge is 2.22. The molecule has 0 spiro atoms. The second-order valence-corrected chi connectivity index (χ2v) is 4.51. The van der Waals surface area contributed by atoms with Crippen molar-refractivity contribution in [2.24, 2.45) is 0 Å². The lowest BCUT2D eigenvalue weighted by Gasteiger charge is -2.22. The van der Waals surface area contributed by atoms with Gasteiger partial charge in [-0.2, -0.15) is 0 Å². The number of benzene rings is 1. The molecule has 0 saturated carbocycles. The van der Waals surface area contributed by atoms with E-state index in [1.165, 1.54) is 22.0 Å². The Morgan fingerprint density at radius 1 is 1.44 bits per heavy atom. The summed E-state index contributed by atoms with van der Waals surface area (Å²) in [6, 6.07) is 6.56. The van der Waals surface area contributed by atoms with Gasteiger partial charge in [0.25, 0.3) is 0 Å². The van der Waals surface area contributed by atoms with E-state index in [1.807, 2.05) is 0 Å². The number of aliphatic hydroxyl groups excluding tert-OH is 1. The maximum Gasteiger partial charge on any atom is 0.0710 e. The van der Waals surface area contributed by atoms with E-state index in [1.54, 1.807) is 0 Å². The number of aliphatic hydroxyl groups is 1. The quantitative estimate of drug-likeness (QED) is 0.679. The zero-order valence-electron chi connectivity index (χ0n) is 9.38. The van der Waals surface area contributed by atoms with E-state index >= 15 is 0 Å². The molecule has 1 aromatic heterocycles. The molecule has 16 heavy (non-hydrogen) atoms. The van der Waals surface area contributed by atoms with E-state index in [2.05, 4.69) is 35.4 Å². The molecule has 1 aliphatic rings. The number of aromatic amines is 1. The number of hydrogen-bond acceptors (Lipinski definition) is 2. The van der Waals surface area contributed by atoms with E-state index in [0.29, 0.717) is 0 Å². The first-order valence-corrected chi connectivity index (χ1v) is 5.75. The molecule has 2 aromatic rings. The fourth-order valence-electron chi connectivity index (χ4n) is 2.59. The van der Waals surface area contributed by atoms with Crippen LogP contribution in [0.4, 0.5) is 0 Å². The van der Waals surface area contributed by atoms with Crippen molar-refractivity contribution in [3.63, 3.8) is 0 Å². The normalized spacial score (nSPS) is 20.0. The molecule has 2 heterocycles. The summed E-state index contributed by atoms with van der Waals surface area (Å²) < 4.78 is 0. The van der Waals surface area contributed by atoms with Gasteiger partial charge in [-0.1, -0.05) is 12.1 Å². The topological polar surface area (TPSA) is 48.0 Å². The SMILES string of the molecule is Cc1ccc2c3c([nH]c2c1)C(CO)NCC3. The van der Waals surface area contributed by atoms with Gasteiger partial charge in [0.1, 0.15) is 0 Å². The highest BCUT2D eigenvalue weighted by atomic mass is 16.3. The molecule has 0 aliphatic carbocycles. The van der Waals surface area contributed by atoms with Gasteiger partial charge in [-0.25, -0.2) is 0 Å². The van der Waals surface area contributed by atoms with Gasteiger partial charge < -0.3 is 15.4 Å². The number of aromatic nitrogens is 1. The molecular weight excluding hydrogens is 200 g/mol. The van der Waals surface area contributed by atoms with Crippen molar-refractivity contribution in [1.29, 1.82) is 0 Å². The molecular formula is C13H16N2O. The minimum Gasteiger partial charge on any atom is -0.394 e. The summed E-state index contributed by atoms with van der Waals surface area (Å²) in [5, 5.41) is 14.0. The van der Waals surface area contributed by atoms with E-state index in [4.69, 9.17) is 0 Å². The molecule has 1 aliphatic heterocycles. The Hall–Kier alpha value is -1.32. The molecule has 0 bridgehead atoms. The van der Waals surface area contributed by atoms with Crippen molar-refractivity contribution in [3.8, 4) is 0 Å². The molecule has 3 heteroatoms. The Labute approximate surface area is 94.5 Å². The summed E-state index contributed by atoms with van der Waals surface area (Å²) in [5.41, 5.74) is 4.98. The standard InChI is InChI=1S/C13H16N2O/c1-8-2-3-9-10-4-5-14-12(7-16)13(10)15-11(9)6-8/h2-3,6,12,14-16H,4-5,7H2,1H3. The Kier molecular flexibility index (Phi) is 2.23. The minimum absolute atomic E-state index is 0.0662. The van der Waals surface area contributed by atoms with E-state index in [0.717, 1.165) is 18.7 Å². The highest BCUT2D eigenvalue weighted by molar-refractivity contribution is 5.85. The summed E-state index contributed by atoms with van der Waals surface area (Å²) in [5.74, 6) is 0. The number of rotatable bonds is 1. The molecule has 1 atom stereocenters. The molecule has 3 N–H and O–H groups in total. The molecule has 0 fully saturated rings. The number of H-pyrrole nitrogens is 1. The van der Waals surface area contributed by atoms with Crippen LogP contribution in [0.2, 0.25) is 0 Å². The van der Waals surface area contributed by atoms with Crippen molar-refractivity contribution in [2.45, 2.75) is 19.4 Å². The zero-order chi connectivity index (χ0) is 11.1. The van der Waals surface area contributed by atoms with Crippen LogP contribution in [-0.4, -0.2) is 23.2 Å². The molecule has 1 aromatic carbocycles. The van der Waals surface area contributed by atoms with Gasteiger partial charge in [-0.3, -0.25) is 0 Å². The molecule has 3 nitrogen and oxygen atoms in total. The molecule has 1 unspecified atom stereocenters. The Morgan fingerprint density at radius 3 is 3.12 bits per heavy atom. The van der Waals surface area contributed by atoms with Crippen LogP contribution in [-0.2, 0) is 6.42 Å². The van der Waals surface area contributed by atoms with Crippen LogP contribution in [0.1, 0.15) is 22.9 Å². The van der Waals surface area contributed by atoms with E-state index in [9.17, 15) is 5.11 Å². The van der Waals surface area contributed by atoms with E-state index in [-0.39, 0.29) is 12.6 Å². The van der Waals surface area contributed by atoms with Gasteiger partial charge in [-0.15, -0.1) is 0 Å². The van der Waals surface area contributed by atoms with Gasteiger partial charge in [-0.05, 0) is 37.1 Å². The predicted molar refractivity (Wildman–Crippen MR) is 64.6 cm³/mol. The Morgan fingerprint density at radius 2 is 2.31 bits per heavy atom. The van der Waals surface area contributed by atoms with Crippen molar-refractivity contribution >= 4 is 10.9 Å². The predicted octanol–water partition coefficient (Wildman–Crippen LogP) is 1.66. The second kappa shape index (κ2) is 3.61. The third-order valence-corrected chi connectivity index (χ3v) is 3.39. The van der Waals surface area contributed by atoms with Crippen LogP contribution in [0.15, 0.2) is 18.2 Å². The van der Waals surface area contributed by atoms with Gasteiger partial charge in [0.05, 0.1) is 12.6 Å². The fraction of sp³-hybridized carbons (Fsp3) is 0.385. The van der Waals surface area contributed by atoms with Crippen LogP contribution < -0.4 is 5.32 Å². The van der Waals surface area contributed by atoms with E-state index < -0.39 is 0 Å². The van der Waals surface area contributed by atoms with Gasteiger partial charge in [0, 0.05) is 16.6 Å². The first-order valence-electron chi connectivity index (χ1n) is 5.75. The maximum absolute atomic E-state index is 9.34. The Balaban J connectivity index is 2.24. The van der Waals surface area contributed by atoms with Gasteiger partial charge >= 0.3 is 0 Å². The lowest BCUT2D eigenvalue weighted by molar-refractivity contribution is 0.238. The third kappa shape index (κ3) is 1.36. The summed E-state index contributed by atoms with van der Waals surface area (Å²) in [7, 11) is 0. The molecule has 0 saturated heterocycles. The van der Waals surface area contributed by atoms with Crippen molar-refractivity contribution in [1.82, 2.24) is 10.3 Å². The van der Waals surface area contributed by atoms with Gasteiger partial charge in [0.15, 0.2) is 0 Å². The number of nitrogens with one attached hydrogen (secondary N) is 2. The molecule has 0 amide bonds. The average Bonchev–Trinajstić information content (AvgIpc) is 2.65. The largest absolute Gasteiger partial charge is 0.394 e. The van der Waals surface area contributed by atoms with Gasteiger partial charge in [0.2, 0.25) is 0 Å². The number of aryl methyl sites for hydroxylation is 1. The number of hydrogen-bond donors (Lipinski definition) is 3. The zero-order valence-corrected chi connectivity index (χ0v) is 9.38. The lowest BCUT2D eigenvalue weighted by Crippen LogP contribution is -2.31. The molecule has 0 radical (unpaired) electrons. The van der Waals surface area contributed by atoms with Crippen LogP contribution in [0.25, 0.3) is 10.9 Å². The van der Waals surface area contributed by atoms with Crippen molar-refractivity contribution in [3.05, 3.63) is 35.0 Å². The van der Waals surface area contributed by atoms with Crippen LogP contribution >= 0.6 is 0 Å². The first kappa shape index (κ1) is 9.87. The van der Waals surface area contributed by atoms with Crippen molar-refractivity contribution in [2.75, 3.05) is 13.2 Å². The lowest BCUT2D eigenvalue weighted by atomic mass is 9.99. The summed E-state index contributed by atoms with van der Waals surface area (Å²) in [4.78, 5) is 3.44. The van der Waals surface area contributed by atoms with Crippen LogP contribution in [0.3, 0.4) is 0 Å². The highest BCUT2D eigenvalue weighted by Crippen LogP contribution is 2.30. The van der Waals surface area contributed by atoms with Crippen LogP contribution in [0, 0.1) is 6.92 Å². The third-order valence-electron chi connectivity index (χ3n) is 3.39. The average molecular weight is 216 g/mol. The summed E-state index contributed by atoms with van der Waals surface area (Å²) in [6.45, 7) is 3.19. The summed E-state index contributed by atoms with van der Waals surface area (Å²) in [6.07, 6.45) is 1.04. The second-order valence-electron chi connectivity index (χ2n) is 4.51. The monoisotopic (exact) mass is 216 g/mol. The molecule has 3 rings (SSSR count). The summed E-state index contributed by atoms with van der Waals surface area (Å²) >= 11 is 0. The number of fused-ring (bicyclic) bond motifs is 3. The smallest absolute Gasteiger partial charge is 0.0710 e. The first-order chi connectivity index (χ1) is 7.79.